The molecule has 2 N–H and O–H groups in total. The molecule has 2 heterocycles. The van der Waals surface area contributed by atoms with Crippen molar-refractivity contribution in [3.63, 3.8) is 0 Å². The number of rotatable bonds is 0. The fraction of sp³-hybridized carbons (Fsp3) is 0.400. The molecule has 1 aromatic carbocycles. The number of allylic oxidation sites excluding steroid dienone is 1. The summed E-state index contributed by atoms with van der Waals surface area (Å²) in [6.45, 7) is 4.99. The molecule has 0 unspecified atom stereocenters. The molecule has 2 aliphatic heterocycles. The molecule has 0 bridgehead atoms. The average molecular weight is 272 g/mol. The van der Waals surface area contributed by atoms with Crippen molar-refractivity contribution in [2.24, 2.45) is 11.7 Å². The number of hydrogen-bond donors (Lipinski definition) is 1. The predicted octanol–water partition coefficient (Wildman–Crippen LogP) is 3.00. The van der Waals surface area contributed by atoms with E-state index < -0.39 is 0 Å². The van der Waals surface area contributed by atoms with Crippen molar-refractivity contribution < 1.29 is 4.74 Å². The third-order valence-electron chi connectivity index (χ3n) is 4.04. The zero-order valence-electron chi connectivity index (χ0n) is 11.0. The minimum Gasteiger partial charge on any atom is -0.493 e. The summed E-state index contributed by atoms with van der Waals surface area (Å²) in [7, 11) is 0. The van der Waals surface area contributed by atoms with E-state index in [1.807, 2.05) is 24.3 Å². The van der Waals surface area contributed by atoms with Crippen LogP contribution in [0.15, 0.2) is 34.9 Å². The Bertz CT molecular complexity index is 600. The lowest BCUT2D eigenvalue weighted by molar-refractivity contribution is 0.179. The van der Waals surface area contributed by atoms with Crippen LogP contribution >= 0.6 is 11.8 Å². The average Bonchev–Trinajstić information content (AvgIpc) is 2.38. The molecule has 2 atom stereocenters. The van der Waals surface area contributed by atoms with Gasteiger partial charge in [0.25, 0.3) is 0 Å². The van der Waals surface area contributed by atoms with E-state index in [0.717, 1.165) is 11.3 Å². The molecule has 0 radical (unpaired) electrons. The van der Waals surface area contributed by atoms with Crippen LogP contribution in [0.3, 0.4) is 0 Å². The van der Waals surface area contributed by atoms with Crippen LogP contribution < -0.4 is 10.5 Å². The lowest BCUT2D eigenvalue weighted by Crippen LogP contribution is -2.43. The molecule has 0 aromatic heterocycles. The van der Waals surface area contributed by atoms with Gasteiger partial charge in [0.05, 0.1) is 23.3 Å². The first-order valence-electron chi connectivity index (χ1n) is 6.35. The van der Waals surface area contributed by atoms with Gasteiger partial charge in [-0.1, -0.05) is 18.2 Å². The summed E-state index contributed by atoms with van der Waals surface area (Å²) in [5, 5.41) is 10.1. The fourth-order valence-electron chi connectivity index (χ4n) is 3.01. The third-order valence-corrected chi connectivity index (χ3v) is 5.31. The van der Waals surface area contributed by atoms with E-state index in [0.29, 0.717) is 17.2 Å². The van der Waals surface area contributed by atoms with E-state index in [-0.39, 0.29) is 16.6 Å². The number of nitriles is 1. The second-order valence-electron chi connectivity index (χ2n) is 5.53. The maximum absolute atomic E-state index is 9.45. The first-order valence-corrected chi connectivity index (χ1v) is 7.16. The minimum atomic E-state index is -0.0252. The van der Waals surface area contributed by atoms with Gasteiger partial charge >= 0.3 is 0 Å². The predicted molar refractivity (Wildman–Crippen MR) is 76.7 cm³/mol. The van der Waals surface area contributed by atoms with Crippen molar-refractivity contribution in [2.75, 3.05) is 6.61 Å². The number of para-hydroxylation sites is 1. The van der Waals surface area contributed by atoms with E-state index in [1.54, 1.807) is 11.8 Å². The van der Waals surface area contributed by atoms with Crippen molar-refractivity contribution in [3.05, 3.63) is 40.4 Å². The monoisotopic (exact) mass is 272 g/mol. The molecule has 0 spiro atoms. The van der Waals surface area contributed by atoms with Gasteiger partial charge in [-0.25, -0.2) is 0 Å². The van der Waals surface area contributed by atoms with Gasteiger partial charge in [-0.3, -0.25) is 0 Å². The van der Waals surface area contributed by atoms with Gasteiger partial charge in [0.1, 0.15) is 5.75 Å². The van der Waals surface area contributed by atoms with Crippen molar-refractivity contribution in [2.45, 2.75) is 24.5 Å². The lowest BCUT2D eigenvalue weighted by atomic mass is 9.73. The van der Waals surface area contributed by atoms with E-state index in [2.05, 4.69) is 19.9 Å². The number of hydrogen-bond acceptors (Lipinski definition) is 4. The van der Waals surface area contributed by atoms with Crippen LogP contribution in [0, 0.1) is 17.2 Å². The molecule has 4 heteroatoms. The molecule has 0 saturated carbocycles. The molecule has 2 aliphatic rings. The summed E-state index contributed by atoms with van der Waals surface area (Å²) in [6.07, 6.45) is 0. The van der Waals surface area contributed by atoms with Gasteiger partial charge in [0.15, 0.2) is 0 Å². The second kappa shape index (κ2) is 4.21. The first kappa shape index (κ1) is 12.4. The zero-order chi connectivity index (χ0) is 13.6. The lowest BCUT2D eigenvalue weighted by Gasteiger charge is -2.45. The molecule has 0 saturated heterocycles. The number of nitrogens with two attached hydrogens (primary N) is 1. The number of nitrogens with zero attached hydrogens (tertiary/aromatic N) is 1. The first-order chi connectivity index (χ1) is 9.04. The summed E-state index contributed by atoms with van der Waals surface area (Å²) in [5.41, 5.74) is 7.90. The molecule has 0 aliphatic carbocycles. The topological polar surface area (TPSA) is 59.0 Å². The Morgan fingerprint density at radius 1 is 1.42 bits per heavy atom. The minimum absolute atomic E-state index is 0.0252. The van der Waals surface area contributed by atoms with Crippen LogP contribution in [-0.4, -0.2) is 11.4 Å². The van der Waals surface area contributed by atoms with Gasteiger partial charge < -0.3 is 10.5 Å². The zero-order valence-corrected chi connectivity index (χ0v) is 11.8. The highest BCUT2D eigenvalue weighted by molar-refractivity contribution is 8.04. The highest BCUT2D eigenvalue weighted by atomic mass is 32.2. The molecule has 3 rings (SSSR count). The Labute approximate surface area is 117 Å². The van der Waals surface area contributed by atoms with Crippen LogP contribution in [-0.2, 0) is 0 Å². The van der Waals surface area contributed by atoms with Crippen molar-refractivity contribution in [3.8, 4) is 11.8 Å². The molecule has 19 heavy (non-hydrogen) atoms. The molecule has 3 nitrogen and oxygen atoms in total. The number of fused-ring (bicyclic) bond motifs is 3. The highest BCUT2D eigenvalue weighted by Gasteiger charge is 2.47. The Kier molecular flexibility index (Phi) is 2.75. The van der Waals surface area contributed by atoms with Crippen LogP contribution in [0.25, 0.3) is 0 Å². The Balaban J connectivity index is 2.21. The largest absolute Gasteiger partial charge is 0.493 e. The van der Waals surface area contributed by atoms with Crippen molar-refractivity contribution in [1.82, 2.24) is 0 Å². The van der Waals surface area contributed by atoms with E-state index in [1.165, 1.54) is 0 Å². The quantitative estimate of drug-likeness (QED) is 0.788. The second-order valence-corrected chi connectivity index (χ2v) is 7.22. The van der Waals surface area contributed by atoms with Gasteiger partial charge in [-0.15, -0.1) is 11.8 Å². The van der Waals surface area contributed by atoms with Crippen LogP contribution in [0.4, 0.5) is 0 Å². The van der Waals surface area contributed by atoms with Crippen LogP contribution in [0.2, 0.25) is 0 Å². The third kappa shape index (κ3) is 1.81. The summed E-state index contributed by atoms with van der Waals surface area (Å²) >= 11 is 1.59. The van der Waals surface area contributed by atoms with Crippen LogP contribution in [0.1, 0.15) is 25.3 Å². The molecule has 1 aromatic rings. The summed E-state index contributed by atoms with van der Waals surface area (Å²) in [4.78, 5) is 0. The molecule has 0 fully saturated rings. The number of ether oxygens (including phenoxy) is 1. The van der Waals surface area contributed by atoms with E-state index >= 15 is 0 Å². The van der Waals surface area contributed by atoms with Crippen molar-refractivity contribution >= 4 is 11.8 Å². The summed E-state index contributed by atoms with van der Waals surface area (Å²) < 4.78 is 5.85. The maximum atomic E-state index is 9.45. The Morgan fingerprint density at radius 3 is 2.89 bits per heavy atom. The molecule has 0 amide bonds. The maximum Gasteiger partial charge on any atom is 0.123 e. The summed E-state index contributed by atoms with van der Waals surface area (Å²) in [5.74, 6) is 1.22. The van der Waals surface area contributed by atoms with E-state index in [4.69, 9.17) is 10.5 Å². The van der Waals surface area contributed by atoms with Gasteiger partial charge in [-0.2, -0.15) is 5.26 Å². The van der Waals surface area contributed by atoms with Crippen LogP contribution in [0.5, 0.6) is 5.75 Å². The number of thioether (sulfide) groups is 1. The van der Waals surface area contributed by atoms with Gasteiger partial charge in [-0.05, 0) is 19.9 Å². The smallest absolute Gasteiger partial charge is 0.123 e. The normalized spacial score (nSPS) is 27.8. The number of benzene rings is 1. The summed E-state index contributed by atoms with van der Waals surface area (Å²) in [6, 6.07) is 10.3. The van der Waals surface area contributed by atoms with Gasteiger partial charge in [0.2, 0.25) is 0 Å². The van der Waals surface area contributed by atoms with E-state index in [9.17, 15) is 5.26 Å². The molecule has 98 valence electrons. The highest BCUT2D eigenvalue weighted by Crippen LogP contribution is 2.55. The van der Waals surface area contributed by atoms with Gasteiger partial charge in [0, 0.05) is 22.1 Å². The SMILES string of the molecule is CC1(C)SC(N)=C(C#N)[C@@H]2c3ccccc3OC[C@@H]21. The Hall–Kier alpha value is -1.60. The fourth-order valence-corrected chi connectivity index (χ4v) is 4.22. The van der Waals surface area contributed by atoms with Crippen molar-refractivity contribution in [1.29, 1.82) is 5.26 Å². The Morgan fingerprint density at radius 2 is 2.16 bits per heavy atom. The standard InChI is InChI=1S/C15H16N2OS/c1-15(2)11-8-18-12-6-4-3-5-9(12)13(11)10(7-16)14(17)19-15/h3-6,11,13H,8,17H2,1-2H3/t11-,13-/m0/s1. The molecular formula is C15H16N2OS. The molecular weight excluding hydrogens is 256 g/mol.